The smallest absolute Gasteiger partial charge is 0.0741 e. The van der Waals surface area contributed by atoms with E-state index in [1.165, 1.54) is 24.1 Å². The predicted octanol–water partition coefficient (Wildman–Crippen LogP) is 3.23. The number of pyridine rings is 1. The quantitative estimate of drug-likeness (QED) is 0.766. The summed E-state index contributed by atoms with van der Waals surface area (Å²) in [4.78, 5) is 4.99. The fraction of sp³-hybridized carbons (Fsp3) is 0.550. The average molecular weight is 359 g/mol. The van der Waals surface area contributed by atoms with Crippen LogP contribution in [0.4, 0.5) is 5.69 Å². The number of nitrogens with two attached hydrogens (primary N) is 1. The normalized spacial score (nSPS) is 31.6. The molecule has 5 heteroatoms. The van der Waals surface area contributed by atoms with E-state index in [1.54, 1.807) is 0 Å². The van der Waals surface area contributed by atoms with Gasteiger partial charge in [-0.2, -0.15) is 0 Å². The first-order chi connectivity index (χ1) is 12.1. The minimum atomic E-state index is 0.00182. The second-order valence-electron chi connectivity index (χ2n) is 8.11. The van der Waals surface area contributed by atoms with E-state index in [0.717, 1.165) is 35.3 Å². The van der Waals surface area contributed by atoms with Crippen LogP contribution in [0.25, 0.3) is 10.9 Å². The number of halogens is 1. The molecule has 4 nitrogen and oxygen atoms in total. The number of aliphatic hydroxyl groups is 2. The zero-order valence-electron chi connectivity index (χ0n) is 14.1. The molecule has 4 N–H and O–H groups in total. The van der Waals surface area contributed by atoms with E-state index in [9.17, 15) is 10.2 Å². The van der Waals surface area contributed by atoms with Crippen LogP contribution in [-0.2, 0) is 5.41 Å². The monoisotopic (exact) mass is 358 g/mol. The first-order valence-electron chi connectivity index (χ1n) is 9.22. The topological polar surface area (TPSA) is 79.4 Å². The Morgan fingerprint density at radius 1 is 1.28 bits per heavy atom. The number of benzene rings is 1. The Bertz CT molecular complexity index is 866. The third kappa shape index (κ3) is 1.83. The third-order valence-electron chi connectivity index (χ3n) is 7.24. The number of aliphatic hydroxyl groups excluding tert-OH is 2. The van der Waals surface area contributed by atoms with Crippen molar-refractivity contribution in [2.45, 2.75) is 37.0 Å². The SMILES string of the molecule is Nc1c2c(nc3cc(Cl)ccc13)C13C(CCC(CO)CO)CC1CC23. The highest BCUT2D eigenvalue weighted by Crippen LogP contribution is 2.79. The van der Waals surface area contributed by atoms with E-state index < -0.39 is 0 Å². The van der Waals surface area contributed by atoms with Crippen molar-refractivity contribution < 1.29 is 10.2 Å². The molecule has 132 valence electrons. The molecule has 3 aliphatic rings. The third-order valence-corrected chi connectivity index (χ3v) is 7.48. The molecule has 1 heterocycles. The van der Waals surface area contributed by atoms with Crippen molar-refractivity contribution >= 4 is 28.2 Å². The van der Waals surface area contributed by atoms with Crippen molar-refractivity contribution in [1.82, 2.24) is 4.98 Å². The molecule has 0 bridgehead atoms. The zero-order chi connectivity index (χ0) is 17.3. The van der Waals surface area contributed by atoms with Crippen molar-refractivity contribution in [1.29, 1.82) is 0 Å². The molecule has 0 saturated heterocycles. The molecule has 5 rings (SSSR count). The molecule has 25 heavy (non-hydrogen) atoms. The Balaban J connectivity index is 1.50. The van der Waals surface area contributed by atoms with E-state index in [2.05, 4.69) is 0 Å². The number of nitrogens with zero attached hydrogens (tertiary/aromatic N) is 1. The average Bonchev–Trinajstić information content (AvgIpc) is 2.57. The molecule has 1 aromatic carbocycles. The summed E-state index contributed by atoms with van der Waals surface area (Å²) in [7, 11) is 0. The predicted molar refractivity (Wildman–Crippen MR) is 98.7 cm³/mol. The Hall–Kier alpha value is -1.36. The van der Waals surface area contributed by atoms with Crippen LogP contribution in [0.2, 0.25) is 5.02 Å². The van der Waals surface area contributed by atoms with E-state index >= 15 is 0 Å². The highest BCUT2D eigenvalue weighted by atomic mass is 35.5. The summed E-state index contributed by atoms with van der Waals surface area (Å²) >= 11 is 6.15. The lowest BCUT2D eigenvalue weighted by atomic mass is 9.29. The van der Waals surface area contributed by atoms with Crippen LogP contribution in [0.5, 0.6) is 0 Å². The maximum Gasteiger partial charge on any atom is 0.0741 e. The number of nitrogen functional groups attached to an aromatic ring is 1. The Morgan fingerprint density at radius 3 is 2.80 bits per heavy atom. The number of fused-ring (bicyclic) bond motifs is 3. The fourth-order valence-electron chi connectivity index (χ4n) is 5.91. The van der Waals surface area contributed by atoms with Gasteiger partial charge in [0.25, 0.3) is 0 Å². The highest BCUT2D eigenvalue weighted by molar-refractivity contribution is 6.31. The van der Waals surface area contributed by atoms with Gasteiger partial charge in [0.1, 0.15) is 0 Å². The standard InChI is InChI=1S/C20H23ClN2O2/c21-13-3-4-14-16(7-13)23-19-17(18(14)22)15-6-12-5-11(20(12,15)19)2-1-10(8-24)9-25/h3-4,7,10-12,15,24-25H,1-2,5-6,8-9H2,(H2,22,23). The molecule has 2 aromatic rings. The minimum Gasteiger partial charge on any atom is -0.398 e. The largest absolute Gasteiger partial charge is 0.398 e. The molecule has 2 saturated carbocycles. The van der Waals surface area contributed by atoms with Gasteiger partial charge in [-0.3, -0.25) is 4.98 Å². The highest BCUT2D eigenvalue weighted by Gasteiger charge is 2.74. The minimum absolute atomic E-state index is 0.00182. The number of anilines is 1. The van der Waals surface area contributed by atoms with Gasteiger partial charge in [0.15, 0.2) is 0 Å². The van der Waals surface area contributed by atoms with E-state index in [4.69, 9.17) is 22.3 Å². The van der Waals surface area contributed by atoms with Crippen molar-refractivity contribution in [3.05, 3.63) is 34.5 Å². The van der Waals surface area contributed by atoms with Gasteiger partial charge < -0.3 is 15.9 Å². The van der Waals surface area contributed by atoms with Crippen molar-refractivity contribution in [3.63, 3.8) is 0 Å². The Morgan fingerprint density at radius 2 is 2.08 bits per heavy atom. The Labute approximate surface area is 152 Å². The molecule has 0 radical (unpaired) electrons. The van der Waals surface area contributed by atoms with Gasteiger partial charge in [0.05, 0.1) is 11.2 Å². The first-order valence-corrected chi connectivity index (χ1v) is 9.59. The summed E-state index contributed by atoms with van der Waals surface area (Å²) in [5.74, 6) is 1.90. The van der Waals surface area contributed by atoms with Crippen LogP contribution in [0, 0.1) is 17.8 Å². The summed E-state index contributed by atoms with van der Waals surface area (Å²) in [5, 5.41) is 20.4. The molecule has 4 atom stereocenters. The van der Waals surface area contributed by atoms with Crippen LogP contribution < -0.4 is 5.73 Å². The second kappa shape index (κ2) is 5.32. The lowest BCUT2D eigenvalue weighted by Gasteiger charge is -2.74. The molecule has 0 aliphatic heterocycles. The van der Waals surface area contributed by atoms with E-state index in [-0.39, 0.29) is 24.5 Å². The van der Waals surface area contributed by atoms with Gasteiger partial charge in [-0.05, 0) is 61.6 Å². The molecule has 1 aromatic heterocycles. The summed E-state index contributed by atoms with van der Waals surface area (Å²) < 4.78 is 0. The number of hydrogen-bond acceptors (Lipinski definition) is 4. The summed E-state index contributed by atoms with van der Waals surface area (Å²) in [6, 6.07) is 5.77. The lowest BCUT2D eigenvalue weighted by Crippen LogP contribution is -2.70. The molecule has 1 spiro atoms. The van der Waals surface area contributed by atoms with Crippen LogP contribution in [-0.4, -0.2) is 28.4 Å². The molecule has 0 amide bonds. The molecule has 2 fully saturated rings. The van der Waals surface area contributed by atoms with Crippen LogP contribution >= 0.6 is 11.6 Å². The molecule has 4 unspecified atom stereocenters. The van der Waals surface area contributed by atoms with Gasteiger partial charge in [0, 0.05) is 46.2 Å². The fourth-order valence-corrected chi connectivity index (χ4v) is 6.08. The number of aromatic nitrogens is 1. The number of hydrogen-bond donors (Lipinski definition) is 3. The van der Waals surface area contributed by atoms with Crippen molar-refractivity contribution in [3.8, 4) is 0 Å². The zero-order valence-corrected chi connectivity index (χ0v) is 14.8. The van der Waals surface area contributed by atoms with Crippen molar-refractivity contribution in [2.24, 2.45) is 17.8 Å². The van der Waals surface area contributed by atoms with E-state index in [1.807, 2.05) is 18.2 Å². The van der Waals surface area contributed by atoms with Gasteiger partial charge in [-0.15, -0.1) is 0 Å². The first kappa shape index (κ1) is 15.9. The van der Waals surface area contributed by atoms with Gasteiger partial charge in [-0.25, -0.2) is 0 Å². The summed E-state index contributed by atoms with van der Waals surface area (Å²) in [6.07, 6.45) is 4.41. The summed E-state index contributed by atoms with van der Waals surface area (Å²) in [6.45, 7) is 0.127. The van der Waals surface area contributed by atoms with Crippen LogP contribution in [0.1, 0.15) is 42.9 Å². The maximum atomic E-state index is 9.33. The lowest BCUT2D eigenvalue weighted by molar-refractivity contribution is -0.128. The van der Waals surface area contributed by atoms with Crippen LogP contribution in [0.15, 0.2) is 18.2 Å². The molecular weight excluding hydrogens is 336 g/mol. The molecular formula is C20H23ClN2O2. The van der Waals surface area contributed by atoms with Crippen molar-refractivity contribution in [2.75, 3.05) is 18.9 Å². The van der Waals surface area contributed by atoms with Gasteiger partial charge in [-0.1, -0.05) is 11.6 Å². The number of rotatable bonds is 5. The van der Waals surface area contributed by atoms with Crippen LogP contribution in [0.3, 0.4) is 0 Å². The van der Waals surface area contributed by atoms with E-state index in [0.29, 0.717) is 16.9 Å². The maximum absolute atomic E-state index is 9.33. The Kier molecular flexibility index (Phi) is 3.38. The van der Waals surface area contributed by atoms with Gasteiger partial charge in [0.2, 0.25) is 0 Å². The summed E-state index contributed by atoms with van der Waals surface area (Å²) in [5.41, 5.74) is 11.0. The second-order valence-corrected chi connectivity index (χ2v) is 8.55. The van der Waals surface area contributed by atoms with Gasteiger partial charge >= 0.3 is 0 Å². The molecule has 3 aliphatic carbocycles.